The number of benzene rings is 2. The summed E-state index contributed by atoms with van der Waals surface area (Å²) in [5, 5.41) is 9.85. The minimum atomic E-state index is -0.230. The molecule has 0 bridgehead atoms. The largest absolute Gasteiger partial charge is 0.507 e. The summed E-state index contributed by atoms with van der Waals surface area (Å²) in [7, 11) is 0. The second-order valence-electron chi connectivity index (χ2n) is 5.80. The van der Waals surface area contributed by atoms with E-state index in [1.54, 1.807) is 24.3 Å². The summed E-state index contributed by atoms with van der Waals surface area (Å²) in [6.45, 7) is 2.50. The summed E-state index contributed by atoms with van der Waals surface area (Å²) >= 11 is 0. The van der Waals surface area contributed by atoms with E-state index in [1.807, 2.05) is 31.2 Å². The van der Waals surface area contributed by atoms with Gasteiger partial charge in [-0.3, -0.25) is 4.79 Å². The van der Waals surface area contributed by atoms with Crippen molar-refractivity contribution in [3.63, 3.8) is 0 Å². The van der Waals surface area contributed by atoms with E-state index in [1.165, 1.54) is 6.08 Å². The summed E-state index contributed by atoms with van der Waals surface area (Å²) in [6.07, 6.45) is 11.1. The Bertz CT molecular complexity index is 780. The zero-order chi connectivity index (χ0) is 18.1. The molecule has 0 spiro atoms. The highest BCUT2D eigenvalue weighted by molar-refractivity contribution is 6.08. The summed E-state index contributed by atoms with van der Waals surface area (Å²) in [5.41, 5.74) is 2.10. The lowest BCUT2D eigenvalue weighted by molar-refractivity contribution is 0.104. The first-order chi connectivity index (χ1) is 12.1. The number of allylic oxidation sites excluding steroid dienone is 1. The van der Waals surface area contributed by atoms with Gasteiger partial charge in [-0.25, -0.2) is 0 Å². The monoisotopic (exact) mass is 334 g/mol. The number of terminal acetylenes is 1. The Morgan fingerprint density at radius 1 is 1.20 bits per heavy atom. The van der Waals surface area contributed by atoms with Gasteiger partial charge in [-0.2, -0.15) is 0 Å². The molecule has 0 aliphatic carbocycles. The van der Waals surface area contributed by atoms with Crippen molar-refractivity contribution in [1.29, 1.82) is 0 Å². The number of hydrogen-bond donors (Lipinski definition) is 1. The fourth-order valence-corrected chi connectivity index (χ4v) is 2.31. The fraction of sp³-hybridized carbons (Fsp3) is 0.227. The molecule has 2 aromatic carbocycles. The number of phenols is 1. The van der Waals surface area contributed by atoms with Crippen LogP contribution in [0.5, 0.6) is 11.5 Å². The molecule has 2 aromatic rings. The van der Waals surface area contributed by atoms with Crippen molar-refractivity contribution < 1.29 is 14.6 Å². The molecule has 0 aliphatic heterocycles. The van der Waals surface area contributed by atoms with Crippen LogP contribution in [0.1, 0.15) is 40.7 Å². The Morgan fingerprint density at radius 2 is 1.96 bits per heavy atom. The van der Waals surface area contributed by atoms with Crippen LogP contribution in [0, 0.1) is 19.3 Å². The molecular formula is C22H22O3. The summed E-state index contributed by atoms with van der Waals surface area (Å²) in [6, 6.07) is 12.5. The molecule has 0 saturated carbocycles. The van der Waals surface area contributed by atoms with Crippen molar-refractivity contribution in [2.75, 3.05) is 6.61 Å². The van der Waals surface area contributed by atoms with Gasteiger partial charge in [-0.05, 0) is 61.2 Å². The molecule has 2 rings (SSSR count). The van der Waals surface area contributed by atoms with Crippen LogP contribution >= 0.6 is 0 Å². The van der Waals surface area contributed by atoms with Gasteiger partial charge in [0, 0.05) is 6.42 Å². The van der Waals surface area contributed by atoms with Crippen LogP contribution in [-0.2, 0) is 0 Å². The molecule has 0 amide bonds. The second-order valence-corrected chi connectivity index (χ2v) is 5.80. The quantitative estimate of drug-likeness (QED) is 0.327. The van der Waals surface area contributed by atoms with Crippen LogP contribution < -0.4 is 4.74 Å². The van der Waals surface area contributed by atoms with E-state index < -0.39 is 0 Å². The van der Waals surface area contributed by atoms with Crippen molar-refractivity contribution in [2.45, 2.75) is 26.2 Å². The Hall–Kier alpha value is -2.99. The molecule has 0 atom stereocenters. The average Bonchev–Trinajstić information content (AvgIpc) is 2.60. The lowest BCUT2D eigenvalue weighted by Gasteiger charge is -2.05. The lowest BCUT2D eigenvalue weighted by atomic mass is 10.1. The molecule has 0 unspecified atom stereocenters. The molecule has 0 aromatic heterocycles. The van der Waals surface area contributed by atoms with Crippen molar-refractivity contribution >= 4 is 11.9 Å². The van der Waals surface area contributed by atoms with E-state index in [0.717, 1.165) is 36.1 Å². The Kier molecular flexibility index (Phi) is 6.86. The van der Waals surface area contributed by atoms with Gasteiger partial charge in [0.25, 0.3) is 0 Å². The number of ether oxygens (including phenoxy) is 1. The second kappa shape index (κ2) is 9.34. The highest BCUT2D eigenvalue weighted by Crippen LogP contribution is 2.20. The van der Waals surface area contributed by atoms with Gasteiger partial charge in [-0.1, -0.05) is 24.3 Å². The number of phenolic OH excluding ortho intramolecular Hbond substituents is 1. The number of aryl methyl sites for hydroxylation is 1. The van der Waals surface area contributed by atoms with Crippen molar-refractivity contribution in [3.8, 4) is 23.8 Å². The third-order valence-corrected chi connectivity index (χ3v) is 3.71. The Morgan fingerprint density at radius 3 is 2.64 bits per heavy atom. The predicted molar refractivity (Wildman–Crippen MR) is 101 cm³/mol. The van der Waals surface area contributed by atoms with E-state index in [-0.39, 0.29) is 11.5 Å². The highest BCUT2D eigenvalue weighted by Gasteiger charge is 2.07. The first kappa shape index (κ1) is 18.4. The third kappa shape index (κ3) is 5.86. The molecule has 0 saturated heterocycles. The van der Waals surface area contributed by atoms with Gasteiger partial charge in [0.1, 0.15) is 11.5 Å². The smallest absolute Gasteiger partial charge is 0.189 e. The molecule has 0 radical (unpaired) electrons. The number of ketones is 1. The topological polar surface area (TPSA) is 46.5 Å². The van der Waals surface area contributed by atoms with E-state index in [2.05, 4.69) is 5.92 Å². The number of aromatic hydroxyl groups is 1. The van der Waals surface area contributed by atoms with Crippen LogP contribution in [-0.4, -0.2) is 17.5 Å². The Labute approximate surface area is 149 Å². The van der Waals surface area contributed by atoms with Gasteiger partial charge in [-0.15, -0.1) is 12.3 Å². The molecular weight excluding hydrogens is 312 g/mol. The lowest BCUT2D eigenvalue weighted by Crippen LogP contribution is -1.97. The van der Waals surface area contributed by atoms with Gasteiger partial charge < -0.3 is 9.84 Å². The third-order valence-electron chi connectivity index (χ3n) is 3.71. The van der Waals surface area contributed by atoms with Crippen LogP contribution in [0.4, 0.5) is 0 Å². The number of unbranched alkanes of at least 4 members (excludes halogenated alkanes) is 2. The maximum absolute atomic E-state index is 12.2. The van der Waals surface area contributed by atoms with Crippen LogP contribution in [0.3, 0.4) is 0 Å². The number of rotatable bonds is 8. The maximum atomic E-state index is 12.2. The van der Waals surface area contributed by atoms with E-state index >= 15 is 0 Å². The minimum absolute atomic E-state index is 0.00299. The van der Waals surface area contributed by atoms with E-state index in [0.29, 0.717) is 12.2 Å². The van der Waals surface area contributed by atoms with Gasteiger partial charge in [0.05, 0.1) is 12.2 Å². The van der Waals surface area contributed by atoms with E-state index in [9.17, 15) is 9.90 Å². The van der Waals surface area contributed by atoms with Crippen LogP contribution in [0.15, 0.2) is 48.5 Å². The first-order valence-electron chi connectivity index (χ1n) is 8.28. The summed E-state index contributed by atoms with van der Waals surface area (Å²) in [5.74, 6) is 3.17. The van der Waals surface area contributed by atoms with E-state index in [4.69, 9.17) is 11.2 Å². The van der Waals surface area contributed by atoms with Crippen molar-refractivity contribution in [2.24, 2.45) is 0 Å². The van der Waals surface area contributed by atoms with Gasteiger partial charge in [0.15, 0.2) is 5.78 Å². The molecule has 0 heterocycles. The minimum Gasteiger partial charge on any atom is -0.507 e. The van der Waals surface area contributed by atoms with Crippen LogP contribution in [0.2, 0.25) is 0 Å². The predicted octanol–water partition coefficient (Wildman–Crippen LogP) is 4.78. The van der Waals surface area contributed by atoms with Crippen molar-refractivity contribution in [3.05, 3.63) is 65.2 Å². The SMILES string of the molecule is C#CCCCCOc1ccc(/C=C/C(=O)c2ccc(C)cc2O)cc1. The average molecular weight is 334 g/mol. The Balaban J connectivity index is 1.90. The molecule has 128 valence electrons. The summed E-state index contributed by atoms with van der Waals surface area (Å²) in [4.78, 5) is 12.2. The standard InChI is InChI=1S/C22H22O3/c1-3-4-5-6-15-25-19-11-8-18(9-12-19)10-14-21(23)20-13-7-17(2)16-22(20)24/h1,7-14,16,24H,4-6,15H2,2H3/b14-10+. The molecule has 0 aliphatic rings. The highest BCUT2D eigenvalue weighted by atomic mass is 16.5. The molecule has 0 fully saturated rings. The first-order valence-corrected chi connectivity index (χ1v) is 8.28. The number of carbonyl (C=O) groups excluding carboxylic acids is 1. The summed E-state index contributed by atoms with van der Waals surface area (Å²) < 4.78 is 5.64. The molecule has 25 heavy (non-hydrogen) atoms. The van der Waals surface area contributed by atoms with Gasteiger partial charge >= 0.3 is 0 Å². The number of carbonyl (C=O) groups is 1. The number of hydrogen-bond acceptors (Lipinski definition) is 3. The molecule has 3 heteroatoms. The van der Waals surface area contributed by atoms with Gasteiger partial charge in [0.2, 0.25) is 0 Å². The van der Waals surface area contributed by atoms with Crippen molar-refractivity contribution in [1.82, 2.24) is 0 Å². The fourth-order valence-electron chi connectivity index (χ4n) is 2.31. The molecule has 1 N–H and O–H groups in total. The van der Waals surface area contributed by atoms with Crippen LogP contribution in [0.25, 0.3) is 6.08 Å². The molecule has 3 nitrogen and oxygen atoms in total. The normalized spacial score (nSPS) is 10.6. The zero-order valence-corrected chi connectivity index (χ0v) is 14.4. The zero-order valence-electron chi connectivity index (χ0n) is 14.4. The maximum Gasteiger partial charge on any atom is 0.189 e.